The Morgan fingerprint density at radius 2 is 1.17 bits per heavy atom. The quantitative estimate of drug-likeness (QED) is 0.101. The van der Waals surface area contributed by atoms with Crippen molar-refractivity contribution in [1.29, 1.82) is 0 Å². The van der Waals surface area contributed by atoms with Gasteiger partial charge in [-0.3, -0.25) is 0 Å². The Labute approximate surface area is 274 Å². The third-order valence-electron chi connectivity index (χ3n) is 9.06. The van der Waals surface area contributed by atoms with Crippen LogP contribution in [0.3, 0.4) is 0 Å². The number of hydrogen-bond acceptors (Lipinski definition) is 2. The van der Waals surface area contributed by atoms with Crippen molar-refractivity contribution in [2.24, 2.45) is 0 Å². The topological polar surface area (TPSA) is 30.2 Å². The van der Waals surface area contributed by atoms with E-state index in [9.17, 15) is 0 Å². The molecule has 1 aromatic heterocycles. The van der Waals surface area contributed by atoms with Gasteiger partial charge in [-0.25, -0.2) is 0 Å². The molecular weight excluding hydrogens is 591 g/mol. The minimum absolute atomic E-state index is 0.613. The number of hydrogen-bond donors (Lipinski definition) is 0. The summed E-state index contributed by atoms with van der Waals surface area (Å²) in [5, 5.41) is 8.75. The summed E-state index contributed by atoms with van der Waals surface area (Å²) >= 11 is 0. The average Bonchev–Trinajstić information content (AvgIpc) is 3.52. The van der Waals surface area contributed by atoms with Crippen LogP contribution in [-0.2, 0) is 4.57 Å². The largest absolute Gasteiger partial charge is 0.455 e. The van der Waals surface area contributed by atoms with Gasteiger partial charge in [0.15, 0.2) is 7.14 Å². The van der Waals surface area contributed by atoms with E-state index in [1.54, 1.807) is 18.2 Å². The summed E-state index contributed by atoms with van der Waals surface area (Å²) in [4.78, 5) is 0. The fraction of sp³-hybridized carbons (Fsp3) is 0. The lowest BCUT2D eigenvalue weighted by molar-refractivity contribution is 0.590. The molecule has 8 aromatic rings. The molecule has 8 rings (SSSR count). The maximum Gasteiger partial charge on any atom is 0.174 e. The van der Waals surface area contributed by atoms with Crippen LogP contribution in [0.4, 0.5) is 0 Å². The number of allylic oxidation sites excluding steroid dienone is 4. The van der Waals surface area contributed by atoms with Crippen LogP contribution in [0.15, 0.2) is 187 Å². The summed E-state index contributed by atoms with van der Waals surface area (Å²) in [5.74, 6) is 0. The molecule has 3 heteroatoms. The van der Waals surface area contributed by atoms with Crippen LogP contribution in [0.5, 0.6) is 0 Å². The summed E-state index contributed by atoms with van der Waals surface area (Å²) in [5.41, 5.74) is 5.78. The first-order chi connectivity index (χ1) is 23.1. The first-order valence-electron chi connectivity index (χ1n) is 15.7. The van der Waals surface area contributed by atoms with E-state index >= 15 is 4.57 Å². The lowest BCUT2D eigenvalue weighted by Gasteiger charge is -2.20. The zero-order valence-electron chi connectivity index (χ0n) is 25.8. The highest BCUT2D eigenvalue weighted by atomic mass is 31.2. The van der Waals surface area contributed by atoms with Gasteiger partial charge in [-0.05, 0) is 56.4 Å². The molecule has 7 aromatic carbocycles. The van der Waals surface area contributed by atoms with Gasteiger partial charge in [0, 0.05) is 27.0 Å². The fourth-order valence-electron chi connectivity index (χ4n) is 6.94. The van der Waals surface area contributed by atoms with E-state index in [0.717, 1.165) is 38.4 Å². The molecule has 224 valence electrons. The molecule has 0 aliphatic rings. The fourth-order valence-corrected chi connectivity index (χ4v) is 9.70. The van der Waals surface area contributed by atoms with E-state index in [-0.39, 0.29) is 0 Å². The van der Waals surface area contributed by atoms with E-state index in [2.05, 4.69) is 110 Å². The first kappa shape index (κ1) is 28.8. The summed E-state index contributed by atoms with van der Waals surface area (Å²) in [6.07, 6.45) is 5.12. The van der Waals surface area contributed by atoms with E-state index in [1.807, 2.05) is 48.5 Å². The molecule has 0 fully saturated rings. The lowest BCUT2D eigenvalue weighted by Crippen LogP contribution is -2.17. The lowest BCUT2D eigenvalue weighted by atomic mass is 9.90. The molecule has 1 atom stereocenters. The predicted octanol–water partition coefficient (Wildman–Crippen LogP) is 11.8. The van der Waals surface area contributed by atoms with Crippen molar-refractivity contribution in [2.45, 2.75) is 0 Å². The third kappa shape index (κ3) is 4.61. The maximum absolute atomic E-state index is 15.4. The zero-order valence-corrected chi connectivity index (χ0v) is 26.7. The van der Waals surface area contributed by atoms with Gasteiger partial charge < -0.3 is 8.98 Å². The van der Waals surface area contributed by atoms with Crippen molar-refractivity contribution in [3.05, 3.63) is 182 Å². The van der Waals surface area contributed by atoms with Crippen molar-refractivity contribution in [3.63, 3.8) is 0 Å². The predicted molar refractivity (Wildman–Crippen MR) is 201 cm³/mol. The highest BCUT2D eigenvalue weighted by molar-refractivity contribution is 7.83. The van der Waals surface area contributed by atoms with Crippen molar-refractivity contribution in [3.8, 4) is 22.3 Å². The summed E-state index contributed by atoms with van der Waals surface area (Å²) in [6.45, 7) is 7.91. The third-order valence-corrected chi connectivity index (χ3v) is 12.2. The minimum atomic E-state index is -3.36. The van der Waals surface area contributed by atoms with Gasteiger partial charge >= 0.3 is 0 Å². The Morgan fingerprint density at radius 1 is 0.574 bits per heavy atom. The molecule has 1 unspecified atom stereocenters. The van der Waals surface area contributed by atoms with Gasteiger partial charge in [0.25, 0.3) is 0 Å². The van der Waals surface area contributed by atoms with Crippen LogP contribution in [-0.4, -0.2) is 0 Å². The van der Waals surface area contributed by atoms with Gasteiger partial charge in [-0.1, -0.05) is 159 Å². The molecule has 0 radical (unpaired) electrons. The summed E-state index contributed by atoms with van der Waals surface area (Å²) in [7, 11) is -3.36. The van der Waals surface area contributed by atoms with Gasteiger partial charge in [-0.2, -0.15) is 0 Å². The molecule has 0 aliphatic heterocycles. The van der Waals surface area contributed by atoms with Crippen molar-refractivity contribution in [2.75, 3.05) is 0 Å². The monoisotopic (exact) mass is 622 g/mol. The SMILES string of the molecule is C=C/C=C(\C=C)P(=O)(c1ccccc1)c1cccc2c1oc1c(-c3cccc(-c4c5ccccc5cc5ccccc45)c3)cccc12. The second kappa shape index (κ2) is 11.6. The van der Waals surface area contributed by atoms with E-state index in [1.165, 1.54) is 27.1 Å². The van der Waals surface area contributed by atoms with Crippen LogP contribution >= 0.6 is 7.14 Å². The molecule has 0 amide bonds. The van der Waals surface area contributed by atoms with Crippen LogP contribution in [0.1, 0.15) is 0 Å². The van der Waals surface area contributed by atoms with Gasteiger partial charge in [0.05, 0.1) is 5.30 Å². The standard InChI is InChI=1S/C44H31O2P/c1-3-15-34(4-2)47(45,35-20-6-5-7-21-35)41-27-14-26-40-39-25-13-24-38(43(39)46-44(40)41)32-18-12-19-33(29-32)42-36-22-10-8-16-30(36)28-31-17-9-11-23-37(31)42/h3-29H,1-2H2/b34-15+. The highest BCUT2D eigenvalue weighted by Crippen LogP contribution is 2.54. The zero-order chi connectivity index (χ0) is 32.0. The molecule has 0 saturated heterocycles. The Kier molecular flexibility index (Phi) is 7.09. The highest BCUT2D eigenvalue weighted by Gasteiger charge is 2.33. The number of para-hydroxylation sites is 2. The number of rotatable bonds is 7. The Bertz CT molecular complexity index is 2530. The van der Waals surface area contributed by atoms with Gasteiger partial charge in [-0.15, -0.1) is 0 Å². The molecule has 0 spiro atoms. The molecule has 0 saturated carbocycles. The van der Waals surface area contributed by atoms with Crippen LogP contribution in [0, 0.1) is 0 Å². The summed E-state index contributed by atoms with van der Waals surface area (Å²) in [6, 6.07) is 49.9. The van der Waals surface area contributed by atoms with Crippen molar-refractivity contribution < 1.29 is 8.98 Å². The molecule has 0 N–H and O–H groups in total. The van der Waals surface area contributed by atoms with Crippen LogP contribution in [0.2, 0.25) is 0 Å². The van der Waals surface area contributed by atoms with Crippen molar-refractivity contribution in [1.82, 2.24) is 0 Å². The van der Waals surface area contributed by atoms with Crippen LogP contribution < -0.4 is 10.6 Å². The molecule has 47 heavy (non-hydrogen) atoms. The smallest absolute Gasteiger partial charge is 0.174 e. The Balaban J connectivity index is 1.37. The molecule has 0 aliphatic carbocycles. The molecule has 0 bridgehead atoms. The molecule has 1 heterocycles. The Hall–Kier alpha value is -5.69. The van der Waals surface area contributed by atoms with Gasteiger partial charge in [0.1, 0.15) is 11.2 Å². The van der Waals surface area contributed by atoms with Gasteiger partial charge in [0.2, 0.25) is 0 Å². The Morgan fingerprint density at radius 3 is 1.87 bits per heavy atom. The van der Waals surface area contributed by atoms with E-state index < -0.39 is 7.14 Å². The maximum atomic E-state index is 15.4. The minimum Gasteiger partial charge on any atom is -0.455 e. The normalized spacial score (nSPS) is 13.2. The number of furan rings is 1. The number of benzene rings is 7. The molecule has 2 nitrogen and oxygen atoms in total. The van der Waals surface area contributed by atoms with Crippen molar-refractivity contribution >= 4 is 61.2 Å². The van der Waals surface area contributed by atoms with E-state index in [0.29, 0.717) is 16.2 Å². The second-order valence-corrected chi connectivity index (χ2v) is 14.4. The summed E-state index contributed by atoms with van der Waals surface area (Å²) < 4.78 is 22.2. The van der Waals surface area contributed by atoms with E-state index in [4.69, 9.17) is 4.42 Å². The second-order valence-electron chi connectivity index (χ2n) is 11.7. The number of fused-ring (bicyclic) bond motifs is 5. The first-order valence-corrected chi connectivity index (χ1v) is 17.4. The molecular formula is C44H31O2P. The van der Waals surface area contributed by atoms with Crippen LogP contribution in [0.25, 0.3) is 65.7 Å². The average molecular weight is 623 g/mol.